The number of hydrogen-bond acceptors (Lipinski definition) is 3. The molecule has 3 heterocycles. The number of amides is 2. The molecular formula is C24H24N4O2. The Labute approximate surface area is 175 Å². The summed E-state index contributed by atoms with van der Waals surface area (Å²) in [4.78, 5) is 26.2. The second-order valence-electron chi connectivity index (χ2n) is 8.35. The highest BCUT2D eigenvalue weighted by molar-refractivity contribution is 6.14. The number of carbonyl (C=O) groups excluding carboxylic acids is 2. The lowest BCUT2D eigenvalue weighted by molar-refractivity contribution is -0.125. The lowest BCUT2D eigenvalue weighted by Crippen LogP contribution is -2.43. The van der Waals surface area contributed by atoms with E-state index in [2.05, 4.69) is 48.6 Å². The van der Waals surface area contributed by atoms with Crippen LogP contribution in [-0.2, 0) is 21.4 Å². The largest absolute Gasteiger partial charge is 0.325 e. The van der Waals surface area contributed by atoms with Crippen molar-refractivity contribution in [3.05, 3.63) is 70.9 Å². The molecule has 2 aromatic carbocycles. The second kappa shape index (κ2) is 6.55. The van der Waals surface area contributed by atoms with E-state index >= 15 is 0 Å². The molecule has 0 radical (unpaired) electrons. The molecule has 0 fully saturated rings. The third-order valence-corrected chi connectivity index (χ3v) is 6.32. The summed E-state index contributed by atoms with van der Waals surface area (Å²) in [5, 5.41) is 10.6. The third-order valence-electron chi connectivity index (χ3n) is 6.32. The van der Waals surface area contributed by atoms with Crippen molar-refractivity contribution in [1.82, 2.24) is 9.78 Å². The number of nitrogens with zero attached hydrogens (tertiary/aromatic N) is 2. The maximum atomic E-state index is 13.3. The van der Waals surface area contributed by atoms with Crippen molar-refractivity contribution in [1.29, 1.82) is 0 Å². The van der Waals surface area contributed by atoms with Gasteiger partial charge in [-0.1, -0.05) is 51.1 Å². The van der Waals surface area contributed by atoms with Crippen molar-refractivity contribution >= 4 is 23.3 Å². The van der Waals surface area contributed by atoms with Crippen LogP contribution in [0.4, 0.5) is 11.5 Å². The molecule has 5 rings (SSSR count). The standard InChI is InChI=1S/C24H24N4O2/c1-4-15-7-5-6-8-20(15)28-22-18(13-25-28)24(12-21(29)27-22)17-11-16(14(2)3)9-10-19(17)26-23(24)30/h5-11,13-14H,4,12H2,1-3H3,(H,26,30)(H,27,29)/t24-/m0/s1. The van der Waals surface area contributed by atoms with Gasteiger partial charge < -0.3 is 10.6 Å². The molecule has 0 unspecified atom stereocenters. The quantitative estimate of drug-likeness (QED) is 0.694. The van der Waals surface area contributed by atoms with Crippen molar-refractivity contribution in [3.8, 4) is 5.69 Å². The Morgan fingerprint density at radius 1 is 1.10 bits per heavy atom. The van der Waals surface area contributed by atoms with E-state index in [1.165, 1.54) is 0 Å². The first kappa shape index (κ1) is 18.6. The van der Waals surface area contributed by atoms with Gasteiger partial charge in [-0.2, -0.15) is 5.10 Å². The topological polar surface area (TPSA) is 76.0 Å². The first-order valence-electron chi connectivity index (χ1n) is 10.4. The fraction of sp³-hybridized carbons (Fsp3) is 0.292. The van der Waals surface area contributed by atoms with Crippen LogP contribution in [0.25, 0.3) is 5.69 Å². The van der Waals surface area contributed by atoms with Crippen LogP contribution in [0.15, 0.2) is 48.7 Å². The smallest absolute Gasteiger partial charge is 0.240 e. The number of hydrogen-bond donors (Lipinski definition) is 2. The number of aryl methyl sites for hydroxylation is 1. The number of rotatable bonds is 3. The molecule has 0 bridgehead atoms. The number of anilines is 2. The average molecular weight is 400 g/mol. The summed E-state index contributed by atoms with van der Waals surface area (Å²) in [5.74, 6) is 0.540. The SMILES string of the molecule is CCc1ccccc1-n1ncc2c1NC(=O)C[C@@]21C(=O)Nc2ccc(C(C)C)cc21. The number of carbonyl (C=O) groups is 2. The van der Waals surface area contributed by atoms with Gasteiger partial charge in [0.2, 0.25) is 11.8 Å². The predicted octanol–water partition coefficient (Wildman–Crippen LogP) is 4.14. The van der Waals surface area contributed by atoms with Crippen molar-refractivity contribution in [2.45, 2.75) is 44.9 Å². The molecule has 3 aromatic rings. The summed E-state index contributed by atoms with van der Waals surface area (Å²) in [6.45, 7) is 6.33. The van der Waals surface area contributed by atoms with Crippen LogP contribution >= 0.6 is 0 Å². The molecule has 2 amide bonds. The highest BCUT2D eigenvalue weighted by Crippen LogP contribution is 2.50. The number of nitrogens with one attached hydrogen (secondary N) is 2. The minimum absolute atomic E-state index is 0.0709. The van der Waals surface area contributed by atoms with Crippen molar-refractivity contribution in [3.63, 3.8) is 0 Å². The van der Waals surface area contributed by atoms with Crippen LogP contribution in [0.3, 0.4) is 0 Å². The van der Waals surface area contributed by atoms with Gasteiger partial charge in [0.15, 0.2) is 0 Å². The van der Waals surface area contributed by atoms with E-state index in [0.29, 0.717) is 11.7 Å². The number of fused-ring (bicyclic) bond motifs is 4. The van der Waals surface area contributed by atoms with Gasteiger partial charge in [0.1, 0.15) is 11.2 Å². The molecule has 0 aliphatic carbocycles. The number of aromatic nitrogens is 2. The van der Waals surface area contributed by atoms with Gasteiger partial charge in [-0.05, 0) is 41.2 Å². The van der Waals surface area contributed by atoms with E-state index < -0.39 is 5.41 Å². The molecule has 0 saturated carbocycles. The Morgan fingerprint density at radius 2 is 1.90 bits per heavy atom. The highest BCUT2D eigenvalue weighted by atomic mass is 16.2. The third kappa shape index (κ3) is 2.46. The van der Waals surface area contributed by atoms with Crippen molar-refractivity contribution in [2.75, 3.05) is 10.6 Å². The van der Waals surface area contributed by atoms with Gasteiger partial charge in [0.05, 0.1) is 11.9 Å². The summed E-state index contributed by atoms with van der Waals surface area (Å²) in [6.07, 6.45) is 2.64. The molecule has 2 aliphatic heterocycles. The zero-order chi connectivity index (χ0) is 21.0. The maximum Gasteiger partial charge on any atom is 0.240 e. The second-order valence-corrected chi connectivity index (χ2v) is 8.35. The predicted molar refractivity (Wildman–Crippen MR) is 116 cm³/mol. The van der Waals surface area contributed by atoms with Gasteiger partial charge in [-0.3, -0.25) is 9.59 Å². The van der Waals surface area contributed by atoms with E-state index in [9.17, 15) is 9.59 Å². The summed E-state index contributed by atoms with van der Waals surface area (Å²) in [7, 11) is 0. The zero-order valence-electron chi connectivity index (χ0n) is 17.3. The first-order chi connectivity index (χ1) is 14.5. The lowest BCUT2D eigenvalue weighted by Gasteiger charge is -2.32. The van der Waals surface area contributed by atoms with E-state index in [0.717, 1.165) is 40.0 Å². The van der Waals surface area contributed by atoms with E-state index in [1.54, 1.807) is 10.9 Å². The zero-order valence-corrected chi connectivity index (χ0v) is 17.3. The maximum absolute atomic E-state index is 13.3. The summed E-state index contributed by atoms with van der Waals surface area (Å²) < 4.78 is 1.75. The Hall–Kier alpha value is -3.41. The Balaban J connectivity index is 1.76. The normalized spacial score (nSPS) is 19.6. The van der Waals surface area contributed by atoms with E-state index in [1.807, 2.05) is 30.3 Å². The summed E-state index contributed by atoms with van der Waals surface area (Å²) >= 11 is 0. The molecule has 152 valence electrons. The monoisotopic (exact) mass is 400 g/mol. The average Bonchev–Trinajstić information content (AvgIpc) is 3.27. The summed E-state index contributed by atoms with van der Waals surface area (Å²) in [5.41, 5.74) is 4.48. The van der Waals surface area contributed by atoms with Gasteiger partial charge in [-0.15, -0.1) is 0 Å². The minimum atomic E-state index is -1.06. The molecule has 1 atom stereocenters. The van der Waals surface area contributed by atoms with Crippen LogP contribution in [0, 0.1) is 0 Å². The van der Waals surface area contributed by atoms with Crippen LogP contribution in [-0.4, -0.2) is 21.6 Å². The Morgan fingerprint density at radius 3 is 2.67 bits per heavy atom. The Kier molecular flexibility index (Phi) is 4.07. The molecule has 6 nitrogen and oxygen atoms in total. The van der Waals surface area contributed by atoms with E-state index in [4.69, 9.17) is 0 Å². The van der Waals surface area contributed by atoms with Crippen molar-refractivity contribution in [2.24, 2.45) is 0 Å². The molecule has 2 aliphatic rings. The van der Waals surface area contributed by atoms with E-state index in [-0.39, 0.29) is 18.2 Å². The minimum Gasteiger partial charge on any atom is -0.325 e. The molecule has 1 aromatic heterocycles. The summed E-state index contributed by atoms with van der Waals surface area (Å²) in [6, 6.07) is 14.0. The van der Waals surface area contributed by atoms with Gasteiger partial charge in [-0.25, -0.2) is 4.68 Å². The lowest BCUT2D eigenvalue weighted by atomic mass is 9.71. The van der Waals surface area contributed by atoms with Crippen LogP contribution < -0.4 is 10.6 Å². The van der Waals surface area contributed by atoms with Crippen LogP contribution in [0.1, 0.15) is 55.4 Å². The van der Waals surface area contributed by atoms with Gasteiger partial charge >= 0.3 is 0 Å². The fourth-order valence-electron chi connectivity index (χ4n) is 4.67. The van der Waals surface area contributed by atoms with Crippen LogP contribution in [0.2, 0.25) is 0 Å². The number of para-hydroxylation sites is 1. The fourth-order valence-corrected chi connectivity index (χ4v) is 4.67. The van der Waals surface area contributed by atoms with Crippen molar-refractivity contribution < 1.29 is 9.59 Å². The number of benzene rings is 2. The highest BCUT2D eigenvalue weighted by Gasteiger charge is 2.54. The molecule has 2 N–H and O–H groups in total. The van der Waals surface area contributed by atoms with Crippen LogP contribution in [0.5, 0.6) is 0 Å². The van der Waals surface area contributed by atoms with Gasteiger partial charge in [0.25, 0.3) is 0 Å². The first-order valence-corrected chi connectivity index (χ1v) is 10.4. The molecule has 6 heteroatoms. The molecule has 1 spiro atoms. The molecule has 0 saturated heterocycles. The Bertz CT molecular complexity index is 1190. The molecular weight excluding hydrogens is 376 g/mol. The van der Waals surface area contributed by atoms with Gasteiger partial charge in [0, 0.05) is 17.7 Å². The molecule has 30 heavy (non-hydrogen) atoms.